The van der Waals surface area contributed by atoms with Gasteiger partial charge in [-0.25, -0.2) is 4.98 Å². The molecule has 0 aliphatic rings. The van der Waals surface area contributed by atoms with E-state index in [0.717, 1.165) is 21.3 Å². The highest BCUT2D eigenvalue weighted by Gasteiger charge is 2.10. The van der Waals surface area contributed by atoms with Crippen molar-refractivity contribution in [3.05, 3.63) is 50.6 Å². The summed E-state index contributed by atoms with van der Waals surface area (Å²) in [5.74, 6) is 0.500. The Balaban J connectivity index is 2.45. The van der Waals surface area contributed by atoms with Crippen LogP contribution >= 0.6 is 27.5 Å². The zero-order valence-corrected chi connectivity index (χ0v) is 12.8. The Hall–Kier alpha value is -1.57. The van der Waals surface area contributed by atoms with Crippen LogP contribution in [0.25, 0.3) is 0 Å². The molecular weight excluding hydrogens is 326 g/mol. The van der Waals surface area contributed by atoms with Gasteiger partial charge in [-0.05, 0) is 53.0 Å². The van der Waals surface area contributed by atoms with Crippen molar-refractivity contribution in [3.63, 3.8) is 0 Å². The first-order chi connectivity index (χ1) is 9.01. The van der Waals surface area contributed by atoms with Gasteiger partial charge in [0.05, 0.1) is 16.3 Å². The molecule has 0 radical (unpaired) electrons. The fourth-order valence-electron chi connectivity index (χ4n) is 1.82. The van der Waals surface area contributed by atoms with E-state index in [2.05, 4.69) is 32.3 Å². The third-order valence-electron chi connectivity index (χ3n) is 2.65. The minimum Gasteiger partial charge on any atom is -0.338 e. The Morgan fingerprint density at radius 1 is 1.32 bits per heavy atom. The average molecular weight is 337 g/mol. The molecule has 0 amide bonds. The number of halogens is 2. The summed E-state index contributed by atoms with van der Waals surface area (Å²) in [6, 6.07) is 7.73. The molecule has 0 atom stereocenters. The maximum Gasteiger partial charge on any atom is 0.148 e. The van der Waals surface area contributed by atoms with Crippen molar-refractivity contribution in [2.45, 2.75) is 13.8 Å². The maximum atomic E-state index is 9.12. The van der Waals surface area contributed by atoms with E-state index in [9.17, 15) is 0 Å². The lowest BCUT2D eigenvalue weighted by Crippen LogP contribution is -2.00. The van der Waals surface area contributed by atoms with Gasteiger partial charge in [-0.3, -0.25) is 0 Å². The Labute approximate surface area is 125 Å². The lowest BCUT2D eigenvalue weighted by molar-refractivity contribution is 1.26. The molecule has 5 heteroatoms. The summed E-state index contributed by atoms with van der Waals surface area (Å²) in [4.78, 5) is 4.21. The van der Waals surface area contributed by atoms with Gasteiger partial charge >= 0.3 is 0 Å². The van der Waals surface area contributed by atoms with Crippen molar-refractivity contribution in [2.24, 2.45) is 0 Å². The molecule has 19 heavy (non-hydrogen) atoms. The molecule has 0 saturated heterocycles. The van der Waals surface area contributed by atoms with E-state index in [1.54, 1.807) is 12.3 Å². The normalized spacial score (nSPS) is 10.1. The van der Waals surface area contributed by atoms with Crippen molar-refractivity contribution >= 4 is 39.0 Å². The van der Waals surface area contributed by atoms with Crippen LogP contribution in [-0.4, -0.2) is 4.98 Å². The molecule has 0 spiro atoms. The quantitative estimate of drug-likeness (QED) is 0.862. The molecule has 1 N–H and O–H groups in total. The number of rotatable bonds is 2. The van der Waals surface area contributed by atoms with Crippen LogP contribution in [0, 0.1) is 25.2 Å². The number of benzene rings is 1. The molecule has 1 aromatic carbocycles. The van der Waals surface area contributed by atoms with Crippen LogP contribution in [0.15, 0.2) is 28.9 Å². The SMILES string of the molecule is Cc1cc(C)c(Nc2ncc(Br)cc2C#N)c(Cl)c1. The second-order valence-electron chi connectivity index (χ2n) is 4.23. The molecule has 2 rings (SSSR count). The molecule has 1 heterocycles. The van der Waals surface area contributed by atoms with Gasteiger partial charge in [-0.2, -0.15) is 5.26 Å². The second kappa shape index (κ2) is 5.60. The van der Waals surface area contributed by atoms with Crippen LogP contribution < -0.4 is 5.32 Å². The molecule has 0 saturated carbocycles. The topological polar surface area (TPSA) is 48.7 Å². The summed E-state index contributed by atoms with van der Waals surface area (Å²) in [5, 5.41) is 12.9. The van der Waals surface area contributed by atoms with E-state index in [1.807, 2.05) is 26.0 Å². The molecule has 2 aromatic rings. The molecule has 3 nitrogen and oxygen atoms in total. The predicted molar refractivity (Wildman–Crippen MR) is 80.9 cm³/mol. The van der Waals surface area contributed by atoms with Gasteiger partial charge in [-0.1, -0.05) is 17.7 Å². The summed E-state index contributed by atoms with van der Waals surface area (Å²) in [7, 11) is 0. The predicted octanol–water partition coefficient (Wildman–Crippen LogP) is 4.73. The molecule has 1 aromatic heterocycles. The van der Waals surface area contributed by atoms with Gasteiger partial charge in [0.25, 0.3) is 0 Å². The molecule has 0 fully saturated rings. The minimum absolute atomic E-state index is 0.463. The lowest BCUT2D eigenvalue weighted by Gasteiger charge is -2.13. The number of anilines is 2. The molecule has 0 bridgehead atoms. The van der Waals surface area contributed by atoms with Crippen LogP contribution in [0.4, 0.5) is 11.5 Å². The zero-order chi connectivity index (χ0) is 14.0. The first kappa shape index (κ1) is 13.9. The molecule has 0 aliphatic heterocycles. The molecule has 0 aliphatic carbocycles. The number of pyridine rings is 1. The van der Waals surface area contributed by atoms with E-state index in [-0.39, 0.29) is 0 Å². The highest BCUT2D eigenvalue weighted by atomic mass is 79.9. The number of aromatic nitrogens is 1. The van der Waals surface area contributed by atoms with Gasteiger partial charge in [0, 0.05) is 10.7 Å². The number of hydrogen-bond acceptors (Lipinski definition) is 3. The monoisotopic (exact) mass is 335 g/mol. The Morgan fingerprint density at radius 3 is 2.68 bits per heavy atom. The van der Waals surface area contributed by atoms with E-state index < -0.39 is 0 Å². The maximum absolute atomic E-state index is 9.12. The number of nitriles is 1. The Bertz CT molecular complexity index is 654. The summed E-state index contributed by atoms with van der Waals surface area (Å²) >= 11 is 9.52. The van der Waals surface area contributed by atoms with E-state index in [1.165, 1.54) is 0 Å². The van der Waals surface area contributed by atoms with Crippen molar-refractivity contribution in [3.8, 4) is 6.07 Å². The fraction of sp³-hybridized carbons (Fsp3) is 0.143. The van der Waals surface area contributed by atoms with Crippen LogP contribution in [0.1, 0.15) is 16.7 Å². The van der Waals surface area contributed by atoms with Crippen LogP contribution in [-0.2, 0) is 0 Å². The highest BCUT2D eigenvalue weighted by Crippen LogP contribution is 2.31. The first-order valence-corrected chi connectivity index (χ1v) is 6.78. The average Bonchev–Trinajstić information content (AvgIpc) is 2.35. The largest absolute Gasteiger partial charge is 0.338 e. The van der Waals surface area contributed by atoms with Crippen LogP contribution in [0.5, 0.6) is 0 Å². The molecule has 96 valence electrons. The van der Waals surface area contributed by atoms with Crippen LogP contribution in [0.3, 0.4) is 0 Å². The standard InChI is InChI=1S/C14H11BrClN3/c1-8-3-9(2)13(12(16)4-8)19-14-10(6-17)5-11(15)7-18-14/h3-5,7H,1-2H3,(H,18,19). The van der Waals surface area contributed by atoms with Crippen molar-refractivity contribution in [1.29, 1.82) is 5.26 Å². The van der Waals surface area contributed by atoms with Crippen molar-refractivity contribution in [2.75, 3.05) is 5.32 Å². The molecular formula is C14H11BrClN3. The van der Waals surface area contributed by atoms with Gasteiger partial charge in [0.15, 0.2) is 0 Å². The first-order valence-electron chi connectivity index (χ1n) is 5.60. The van der Waals surface area contributed by atoms with E-state index in [0.29, 0.717) is 16.4 Å². The summed E-state index contributed by atoms with van der Waals surface area (Å²) in [6.45, 7) is 3.95. The number of aryl methyl sites for hydroxylation is 2. The Kier molecular flexibility index (Phi) is 4.08. The van der Waals surface area contributed by atoms with Crippen molar-refractivity contribution < 1.29 is 0 Å². The third kappa shape index (κ3) is 3.06. The second-order valence-corrected chi connectivity index (χ2v) is 5.55. The summed E-state index contributed by atoms with van der Waals surface area (Å²) in [5.41, 5.74) is 3.35. The van der Waals surface area contributed by atoms with Crippen LogP contribution in [0.2, 0.25) is 5.02 Å². The zero-order valence-electron chi connectivity index (χ0n) is 10.5. The van der Waals surface area contributed by atoms with Gasteiger partial charge < -0.3 is 5.32 Å². The highest BCUT2D eigenvalue weighted by molar-refractivity contribution is 9.10. The van der Waals surface area contributed by atoms with E-state index in [4.69, 9.17) is 16.9 Å². The Morgan fingerprint density at radius 2 is 2.05 bits per heavy atom. The van der Waals surface area contributed by atoms with Gasteiger partial charge in [0.1, 0.15) is 11.9 Å². The van der Waals surface area contributed by atoms with Gasteiger partial charge in [0.2, 0.25) is 0 Å². The summed E-state index contributed by atoms with van der Waals surface area (Å²) in [6.07, 6.45) is 1.64. The summed E-state index contributed by atoms with van der Waals surface area (Å²) < 4.78 is 0.765. The smallest absolute Gasteiger partial charge is 0.148 e. The number of hydrogen-bond donors (Lipinski definition) is 1. The van der Waals surface area contributed by atoms with Crippen molar-refractivity contribution in [1.82, 2.24) is 4.98 Å². The molecule has 0 unspecified atom stereocenters. The van der Waals surface area contributed by atoms with E-state index >= 15 is 0 Å². The lowest BCUT2D eigenvalue weighted by atomic mass is 10.1. The van der Waals surface area contributed by atoms with Gasteiger partial charge in [-0.15, -0.1) is 0 Å². The number of nitrogens with zero attached hydrogens (tertiary/aromatic N) is 2. The third-order valence-corrected chi connectivity index (χ3v) is 3.38. The number of nitrogens with one attached hydrogen (secondary N) is 1. The minimum atomic E-state index is 0.463. The fourth-order valence-corrected chi connectivity index (χ4v) is 2.52.